The van der Waals surface area contributed by atoms with E-state index < -0.39 is 5.97 Å². The van der Waals surface area contributed by atoms with Gasteiger partial charge < -0.3 is 14.3 Å². The predicted octanol–water partition coefficient (Wildman–Crippen LogP) is 5.37. The summed E-state index contributed by atoms with van der Waals surface area (Å²) >= 11 is 0. The largest absolute Gasteiger partial charge is 0.481 e. The summed E-state index contributed by atoms with van der Waals surface area (Å²) in [4.78, 5) is 34.3. The van der Waals surface area contributed by atoms with E-state index in [0.29, 0.717) is 17.8 Å². The van der Waals surface area contributed by atoms with Gasteiger partial charge >= 0.3 is 17.6 Å². The van der Waals surface area contributed by atoms with Gasteiger partial charge in [0.1, 0.15) is 12.4 Å². The Labute approximate surface area is 200 Å². The topological polar surface area (TPSA) is 93.8 Å². The molecule has 0 spiro atoms. The maximum absolute atomic E-state index is 12.1. The molecule has 34 heavy (non-hydrogen) atoms. The van der Waals surface area contributed by atoms with E-state index in [9.17, 15) is 14.4 Å². The summed E-state index contributed by atoms with van der Waals surface area (Å²) in [5, 5.41) is 8.81. The Morgan fingerprint density at radius 3 is 2.65 bits per heavy atom. The summed E-state index contributed by atoms with van der Waals surface area (Å²) < 4.78 is 10.8. The highest BCUT2D eigenvalue weighted by molar-refractivity contribution is 5.78. The number of rotatable bonds is 5. The van der Waals surface area contributed by atoms with Gasteiger partial charge in [-0.2, -0.15) is 0 Å². The highest BCUT2D eigenvalue weighted by Crippen LogP contribution is 2.66. The summed E-state index contributed by atoms with van der Waals surface area (Å²) in [6.45, 7) is 4.80. The molecule has 6 nitrogen and oxygen atoms in total. The second kappa shape index (κ2) is 8.54. The van der Waals surface area contributed by atoms with E-state index in [-0.39, 0.29) is 41.4 Å². The number of carbonyl (C=O) groups excluding carboxylic acids is 1. The third-order valence-corrected chi connectivity index (χ3v) is 9.51. The Morgan fingerprint density at radius 1 is 1.09 bits per heavy atom. The molecule has 6 atom stereocenters. The molecule has 1 aromatic heterocycles. The molecule has 0 radical (unpaired) electrons. The average Bonchev–Trinajstić information content (AvgIpc) is 3.16. The lowest BCUT2D eigenvalue weighted by atomic mass is 9.46. The summed E-state index contributed by atoms with van der Waals surface area (Å²) in [5.74, 6) is 0.354. The Kier molecular flexibility index (Phi) is 5.81. The number of hydrogen-bond acceptors (Lipinski definition) is 5. The highest BCUT2D eigenvalue weighted by atomic mass is 16.5. The summed E-state index contributed by atoms with van der Waals surface area (Å²) in [7, 11) is 0. The third kappa shape index (κ3) is 3.85. The lowest BCUT2D eigenvalue weighted by Crippen LogP contribution is -2.51. The first-order chi connectivity index (χ1) is 16.2. The van der Waals surface area contributed by atoms with E-state index in [2.05, 4.69) is 26.0 Å². The predicted molar refractivity (Wildman–Crippen MR) is 127 cm³/mol. The van der Waals surface area contributed by atoms with Crippen molar-refractivity contribution < 1.29 is 23.8 Å². The smallest absolute Gasteiger partial charge is 0.335 e. The fourth-order valence-electron chi connectivity index (χ4n) is 7.70. The monoisotopic (exact) mass is 466 g/mol. The molecule has 0 aromatic carbocycles. The fraction of sp³-hybridized carbons (Fsp3) is 0.607. The van der Waals surface area contributed by atoms with Crippen LogP contribution in [0.25, 0.3) is 5.57 Å². The van der Waals surface area contributed by atoms with Crippen molar-refractivity contribution in [3.05, 3.63) is 52.1 Å². The Morgan fingerprint density at radius 2 is 1.91 bits per heavy atom. The number of carboxylic acids is 1. The second-order valence-electron chi connectivity index (χ2n) is 11.2. The molecule has 6 heteroatoms. The first kappa shape index (κ1) is 23.1. The Bertz CT molecular complexity index is 1090. The van der Waals surface area contributed by atoms with Gasteiger partial charge in [-0.25, -0.2) is 4.79 Å². The van der Waals surface area contributed by atoms with Crippen LogP contribution in [0.4, 0.5) is 0 Å². The van der Waals surface area contributed by atoms with Crippen LogP contribution < -0.4 is 5.63 Å². The number of esters is 1. The van der Waals surface area contributed by atoms with Crippen molar-refractivity contribution in [3.63, 3.8) is 0 Å². The van der Waals surface area contributed by atoms with Crippen LogP contribution in [-0.2, 0) is 14.3 Å². The minimum absolute atomic E-state index is 0.0127. The van der Waals surface area contributed by atoms with E-state index in [4.69, 9.17) is 14.3 Å². The zero-order valence-electron chi connectivity index (χ0n) is 20.0. The molecular formula is C28H34O6. The summed E-state index contributed by atoms with van der Waals surface area (Å²) in [6, 6.07) is 3.38. The van der Waals surface area contributed by atoms with Crippen molar-refractivity contribution in [3.8, 4) is 0 Å². The molecule has 0 aliphatic heterocycles. The van der Waals surface area contributed by atoms with E-state index >= 15 is 0 Å². The number of fused-ring (bicyclic) bond motifs is 5. The number of ether oxygens (including phenoxy) is 1. The molecule has 1 heterocycles. The number of carboxylic acid groups (broad SMARTS) is 1. The zero-order valence-corrected chi connectivity index (χ0v) is 20.0. The SMILES string of the molecule is C[C@]12CC[C@H]3[C@@H](CC[C@@H]4C[C@@H](OC(=O)CCC(=O)O)CC[C@@]43C)C1=CC=C2c1ccc(=O)oc1. The molecule has 5 rings (SSSR count). The zero-order chi connectivity index (χ0) is 24.1. The molecule has 3 saturated carbocycles. The number of aliphatic carboxylic acids is 1. The van der Waals surface area contributed by atoms with Crippen molar-refractivity contribution in [2.24, 2.45) is 28.6 Å². The van der Waals surface area contributed by atoms with Gasteiger partial charge in [-0.3, -0.25) is 9.59 Å². The van der Waals surface area contributed by atoms with Crippen molar-refractivity contribution in [1.29, 1.82) is 0 Å². The van der Waals surface area contributed by atoms with Crippen LogP contribution in [-0.4, -0.2) is 23.1 Å². The van der Waals surface area contributed by atoms with Crippen molar-refractivity contribution >= 4 is 17.5 Å². The number of hydrogen-bond donors (Lipinski definition) is 1. The summed E-state index contributed by atoms with van der Waals surface area (Å²) in [6.07, 6.45) is 13.2. The standard InChI is InChI=1S/C28H34O6/c1-27-13-11-19(34-26(32)10-8-24(29)30)15-18(27)4-5-20-22-7-6-21(17-3-9-25(31)33-16-17)28(22,2)14-12-23(20)27/h3,6-7,9,16,18-20,23H,4-5,8,10-15H2,1-2H3,(H,29,30)/t18-,19+,20+,23+,27+,28-/m1/s1. The molecule has 0 saturated heterocycles. The molecule has 1 N–H and O–H groups in total. The van der Waals surface area contributed by atoms with Crippen LogP contribution >= 0.6 is 0 Å². The lowest BCUT2D eigenvalue weighted by Gasteiger charge is -2.59. The van der Waals surface area contributed by atoms with E-state index in [1.54, 1.807) is 6.26 Å². The molecule has 1 aromatic rings. The van der Waals surface area contributed by atoms with Crippen LogP contribution in [0.2, 0.25) is 0 Å². The van der Waals surface area contributed by atoms with Gasteiger partial charge in [0.05, 0.1) is 12.8 Å². The molecule has 3 fully saturated rings. The fourth-order valence-corrected chi connectivity index (χ4v) is 7.70. The molecule has 4 aliphatic carbocycles. The number of allylic oxidation sites excluding steroid dienone is 4. The molecule has 182 valence electrons. The van der Waals surface area contributed by atoms with Crippen LogP contribution in [0.3, 0.4) is 0 Å². The first-order valence-electron chi connectivity index (χ1n) is 12.6. The first-order valence-corrected chi connectivity index (χ1v) is 12.6. The minimum Gasteiger partial charge on any atom is -0.481 e. The quantitative estimate of drug-likeness (QED) is 0.586. The van der Waals surface area contributed by atoms with E-state index in [1.807, 2.05) is 6.07 Å². The van der Waals surface area contributed by atoms with Gasteiger partial charge in [0.2, 0.25) is 0 Å². The molecule has 4 aliphatic rings. The van der Waals surface area contributed by atoms with Gasteiger partial charge in [0.25, 0.3) is 0 Å². The maximum atomic E-state index is 12.1. The van der Waals surface area contributed by atoms with E-state index in [1.165, 1.54) is 23.6 Å². The van der Waals surface area contributed by atoms with Crippen molar-refractivity contribution in [2.45, 2.75) is 77.7 Å². The Balaban J connectivity index is 1.28. The van der Waals surface area contributed by atoms with Crippen LogP contribution in [0.5, 0.6) is 0 Å². The van der Waals surface area contributed by atoms with Crippen LogP contribution in [0, 0.1) is 28.6 Å². The third-order valence-electron chi connectivity index (χ3n) is 9.51. The van der Waals surface area contributed by atoms with Gasteiger partial charge in [-0.05, 0) is 79.8 Å². The van der Waals surface area contributed by atoms with Gasteiger partial charge in [-0.1, -0.05) is 31.6 Å². The van der Waals surface area contributed by atoms with Crippen molar-refractivity contribution in [2.75, 3.05) is 0 Å². The molecular weight excluding hydrogens is 432 g/mol. The van der Waals surface area contributed by atoms with Gasteiger partial charge in [0, 0.05) is 17.0 Å². The Hall–Kier alpha value is -2.63. The molecule has 0 unspecified atom stereocenters. The van der Waals surface area contributed by atoms with Gasteiger partial charge in [0.15, 0.2) is 0 Å². The van der Waals surface area contributed by atoms with Gasteiger partial charge in [-0.15, -0.1) is 0 Å². The lowest BCUT2D eigenvalue weighted by molar-refractivity contribution is -0.159. The summed E-state index contributed by atoms with van der Waals surface area (Å²) in [5.41, 5.74) is 3.69. The highest BCUT2D eigenvalue weighted by Gasteiger charge is 2.56. The molecule has 0 amide bonds. The normalized spacial score (nSPS) is 36.4. The molecule has 0 bridgehead atoms. The maximum Gasteiger partial charge on any atom is 0.335 e. The number of carbonyl (C=O) groups is 2. The van der Waals surface area contributed by atoms with E-state index in [0.717, 1.165) is 44.1 Å². The van der Waals surface area contributed by atoms with Crippen LogP contribution in [0.1, 0.15) is 77.2 Å². The second-order valence-corrected chi connectivity index (χ2v) is 11.2. The minimum atomic E-state index is -0.966. The average molecular weight is 467 g/mol. The van der Waals surface area contributed by atoms with Crippen LogP contribution in [0.15, 0.2) is 45.3 Å². The van der Waals surface area contributed by atoms with Crippen molar-refractivity contribution in [1.82, 2.24) is 0 Å².